The van der Waals surface area contributed by atoms with Crippen LogP contribution < -0.4 is 10.6 Å². The minimum Gasteiger partial charge on any atom is -0.334 e. The van der Waals surface area contributed by atoms with E-state index < -0.39 is 21.9 Å². The molecule has 6 nitrogen and oxygen atoms in total. The minimum absolute atomic E-state index is 0.252. The summed E-state index contributed by atoms with van der Waals surface area (Å²) in [5.74, 6) is -0.429. The SMILES string of the molecule is Cc1ccc(F)cc1NC(=O)N[C@H]1CCCN(S(C)(=O)=O)C1. The quantitative estimate of drug-likeness (QED) is 0.885. The maximum atomic E-state index is 13.2. The number of piperidine rings is 1. The maximum Gasteiger partial charge on any atom is 0.319 e. The number of nitrogens with one attached hydrogen (secondary N) is 2. The highest BCUT2D eigenvalue weighted by molar-refractivity contribution is 7.88. The first-order chi connectivity index (χ1) is 10.3. The Hall–Kier alpha value is -1.67. The van der Waals surface area contributed by atoms with Crippen LogP contribution in [0.25, 0.3) is 0 Å². The molecule has 1 saturated heterocycles. The number of benzene rings is 1. The number of hydrogen-bond acceptors (Lipinski definition) is 3. The van der Waals surface area contributed by atoms with E-state index in [0.29, 0.717) is 25.1 Å². The van der Waals surface area contributed by atoms with Crippen LogP contribution in [0.4, 0.5) is 14.9 Å². The molecule has 1 aromatic rings. The molecule has 1 aliphatic rings. The Labute approximate surface area is 129 Å². The molecular weight excluding hydrogens is 309 g/mol. The van der Waals surface area contributed by atoms with Crippen LogP contribution in [0.15, 0.2) is 18.2 Å². The fourth-order valence-corrected chi connectivity index (χ4v) is 3.35. The topological polar surface area (TPSA) is 78.5 Å². The molecule has 22 heavy (non-hydrogen) atoms. The lowest BCUT2D eigenvalue weighted by molar-refractivity contribution is 0.236. The van der Waals surface area contributed by atoms with Gasteiger partial charge in [0.1, 0.15) is 5.82 Å². The van der Waals surface area contributed by atoms with Crippen molar-refractivity contribution >= 4 is 21.7 Å². The molecular formula is C14H20FN3O3S. The van der Waals surface area contributed by atoms with Gasteiger partial charge in [0, 0.05) is 24.8 Å². The Morgan fingerprint density at radius 2 is 2.14 bits per heavy atom. The van der Waals surface area contributed by atoms with Gasteiger partial charge in [0.05, 0.1) is 6.26 Å². The van der Waals surface area contributed by atoms with Gasteiger partial charge in [0.25, 0.3) is 0 Å². The van der Waals surface area contributed by atoms with E-state index in [9.17, 15) is 17.6 Å². The number of rotatable bonds is 3. The number of nitrogens with zero attached hydrogens (tertiary/aromatic N) is 1. The molecule has 0 spiro atoms. The first-order valence-electron chi connectivity index (χ1n) is 7.04. The molecule has 2 rings (SSSR count). The average molecular weight is 329 g/mol. The summed E-state index contributed by atoms with van der Waals surface area (Å²) in [5, 5.41) is 5.33. The summed E-state index contributed by atoms with van der Waals surface area (Å²) < 4.78 is 37.6. The number of hydrogen-bond donors (Lipinski definition) is 2. The highest BCUT2D eigenvalue weighted by Crippen LogP contribution is 2.17. The highest BCUT2D eigenvalue weighted by atomic mass is 32.2. The zero-order valence-electron chi connectivity index (χ0n) is 12.6. The third-order valence-electron chi connectivity index (χ3n) is 3.64. The largest absolute Gasteiger partial charge is 0.334 e. The number of aryl methyl sites for hydroxylation is 1. The van der Waals surface area contributed by atoms with Crippen molar-refractivity contribution in [3.8, 4) is 0 Å². The third kappa shape index (κ3) is 4.41. The molecule has 1 heterocycles. The smallest absolute Gasteiger partial charge is 0.319 e. The Bertz CT molecular complexity index is 663. The number of urea groups is 1. The summed E-state index contributed by atoms with van der Waals surface area (Å²) in [6.07, 6.45) is 2.56. The van der Waals surface area contributed by atoms with Gasteiger partial charge in [0.2, 0.25) is 10.0 Å². The summed E-state index contributed by atoms with van der Waals surface area (Å²) in [5.41, 5.74) is 1.14. The van der Waals surface area contributed by atoms with E-state index in [2.05, 4.69) is 10.6 Å². The molecule has 8 heteroatoms. The van der Waals surface area contributed by atoms with Crippen LogP contribution in [-0.4, -0.2) is 44.1 Å². The molecule has 0 aliphatic carbocycles. The zero-order chi connectivity index (χ0) is 16.3. The second kappa shape index (κ2) is 6.62. The van der Waals surface area contributed by atoms with Gasteiger partial charge in [-0.05, 0) is 37.5 Å². The van der Waals surface area contributed by atoms with Gasteiger partial charge in [-0.25, -0.2) is 21.9 Å². The number of carbonyl (C=O) groups excluding carboxylic acids is 1. The van der Waals surface area contributed by atoms with Gasteiger partial charge in [-0.15, -0.1) is 0 Å². The molecule has 0 saturated carbocycles. The predicted octanol–water partition coefficient (Wildman–Crippen LogP) is 1.68. The average Bonchev–Trinajstić information content (AvgIpc) is 2.42. The summed E-state index contributed by atoms with van der Waals surface area (Å²) >= 11 is 0. The second-order valence-electron chi connectivity index (χ2n) is 5.52. The lowest BCUT2D eigenvalue weighted by atomic mass is 10.1. The lowest BCUT2D eigenvalue weighted by Crippen LogP contribution is -2.50. The maximum absolute atomic E-state index is 13.2. The van der Waals surface area contributed by atoms with E-state index in [0.717, 1.165) is 11.8 Å². The standard InChI is InChI=1S/C14H20FN3O3S/c1-10-5-6-11(15)8-13(10)17-14(19)16-12-4-3-7-18(9-12)22(2,20)21/h5-6,8,12H,3-4,7,9H2,1-2H3,(H2,16,17,19)/t12-/m0/s1. The highest BCUT2D eigenvalue weighted by Gasteiger charge is 2.26. The Balaban J connectivity index is 1.96. The Morgan fingerprint density at radius 1 is 1.41 bits per heavy atom. The number of halogens is 1. The number of carbonyl (C=O) groups is 1. The van der Waals surface area contributed by atoms with Gasteiger partial charge in [-0.1, -0.05) is 6.07 Å². The number of sulfonamides is 1. The molecule has 0 aromatic heterocycles. The molecule has 1 aromatic carbocycles. The van der Waals surface area contributed by atoms with Crippen molar-refractivity contribution in [2.75, 3.05) is 24.7 Å². The van der Waals surface area contributed by atoms with E-state index in [1.54, 1.807) is 13.0 Å². The van der Waals surface area contributed by atoms with Gasteiger partial charge >= 0.3 is 6.03 Å². The molecule has 122 valence electrons. The molecule has 1 atom stereocenters. The number of anilines is 1. The van der Waals surface area contributed by atoms with Gasteiger partial charge in [-0.2, -0.15) is 0 Å². The normalized spacial score (nSPS) is 19.7. The third-order valence-corrected chi connectivity index (χ3v) is 4.91. The molecule has 2 amide bonds. The molecule has 0 radical (unpaired) electrons. The number of amides is 2. The van der Waals surface area contributed by atoms with E-state index >= 15 is 0 Å². The molecule has 0 unspecified atom stereocenters. The van der Waals surface area contributed by atoms with Crippen molar-refractivity contribution < 1.29 is 17.6 Å². The van der Waals surface area contributed by atoms with Crippen LogP contribution in [0.2, 0.25) is 0 Å². The van der Waals surface area contributed by atoms with Crippen LogP contribution >= 0.6 is 0 Å². The van der Waals surface area contributed by atoms with Crippen molar-refractivity contribution in [1.29, 1.82) is 0 Å². The summed E-state index contributed by atoms with van der Waals surface area (Å²) in [6.45, 7) is 2.50. The summed E-state index contributed by atoms with van der Waals surface area (Å²) in [4.78, 5) is 12.0. The van der Waals surface area contributed by atoms with Crippen LogP contribution in [0.5, 0.6) is 0 Å². The predicted molar refractivity (Wildman–Crippen MR) is 82.7 cm³/mol. The Kier molecular flexibility index (Phi) is 5.02. The molecule has 1 fully saturated rings. The molecule has 1 aliphatic heterocycles. The van der Waals surface area contributed by atoms with E-state index in [1.165, 1.54) is 16.4 Å². The van der Waals surface area contributed by atoms with Crippen molar-refractivity contribution in [2.24, 2.45) is 0 Å². The lowest BCUT2D eigenvalue weighted by Gasteiger charge is -2.31. The van der Waals surface area contributed by atoms with Gasteiger partial charge in [-0.3, -0.25) is 0 Å². The van der Waals surface area contributed by atoms with Crippen molar-refractivity contribution in [1.82, 2.24) is 9.62 Å². The Morgan fingerprint density at radius 3 is 2.82 bits per heavy atom. The zero-order valence-corrected chi connectivity index (χ0v) is 13.4. The molecule has 2 N–H and O–H groups in total. The van der Waals surface area contributed by atoms with Gasteiger partial charge < -0.3 is 10.6 Å². The van der Waals surface area contributed by atoms with E-state index in [4.69, 9.17) is 0 Å². The minimum atomic E-state index is -3.25. The fraction of sp³-hybridized carbons (Fsp3) is 0.500. The van der Waals surface area contributed by atoms with Crippen molar-refractivity contribution in [2.45, 2.75) is 25.8 Å². The van der Waals surface area contributed by atoms with Crippen molar-refractivity contribution in [3.63, 3.8) is 0 Å². The van der Waals surface area contributed by atoms with Crippen LogP contribution in [0.3, 0.4) is 0 Å². The van der Waals surface area contributed by atoms with E-state index in [1.807, 2.05) is 0 Å². The van der Waals surface area contributed by atoms with Crippen LogP contribution in [0, 0.1) is 12.7 Å². The van der Waals surface area contributed by atoms with E-state index in [-0.39, 0.29) is 12.6 Å². The summed E-state index contributed by atoms with van der Waals surface area (Å²) in [7, 11) is -3.25. The van der Waals surface area contributed by atoms with Crippen molar-refractivity contribution in [3.05, 3.63) is 29.6 Å². The second-order valence-corrected chi connectivity index (χ2v) is 7.50. The monoisotopic (exact) mass is 329 g/mol. The first kappa shape index (κ1) is 16.7. The van der Waals surface area contributed by atoms with Crippen LogP contribution in [0.1, 0.15) is 18.4 Å². The summed E-state index contributed by atoms with van der Waals surface area (Å²) in [6, 6.07) is 3.44. The first-order valence-corrected chi connectivity index (χ1v) is 8.89. The van der Waals surface area contributed by atoms with Crippen LogP contribution in [-0.2, 0) is 10.0 Å². The molecule has 0 bridgehead atoms. The van der Waals surface area contributed by atoms with Gasteiger partial charge in [0.15, 0.2) is 0 Å². The fourth-order valence-electron chi connectivity index (χ4n) is 2.43.